The van der Waals surface area contributed by atoms with Crippen LogP contribution in [0.4, 0.5) is 0 Å². The first-order valence-electron chi connectivity index (χ1n) is 6.93. The van der Waals surface area contributed by atoms with Crippen LogP contribution in [-0.4, -0.2) is 32.9 Å². The first kappa shape index (κ1) is 18.2. The molecule has 21 heavy (non-hydrogen) atoms. The molecular formula is C15H23ClN2O2S. The predicted molar refractivity (Wildman–Crippen MR) is 88.2 cm³/mol. The summed E-state index contributed by atoms with van der Waals surface area (Å²) in [6.45, 7) is 8.72. The quantitative estimate of drug-likeness (QED) is 0.745. The Morgan fingerprint density at radius 3 is 2.62 bits per heavy atom. The minimum absolute atomic E-state index is 0.274. The fourth-order valence-electron chi connectivity index (χ4n) is 2.19. The SMILES string of the molecule is C=CCN(CCC)S(=O)(=O)c1cc(Cl)cc(CNC)c1C. The Labute approximate surface area is 132 Å². The molecule has 6 heteroatoms. The van der Waals surface area contributed by atoms with E-state index in [4.69, 9.17) is 11.6 Å². The van der Waals surface area contributed by atoms with E-state index in [0.29, 0.717) is 24.7 Å². The van der Waals surface area contributed by atoms with Crippen LogP contribution in [0.2, 0.25) is 5.02 Å². The summed E-state index contributed by atoms with van der Waals surface area (Å²) in [7, 11) is -1.75. The summed E-state index contributed by atoms with van der Waals surface area (Å²) in [4.78, 5) is 0.274. The Hall–Kier alpha value is -0.880. The van der Waals surface area contributed by atoms with Crippen molar-refractivity contribution >= 4 is 21.6 Å². The molecule has 0 spiro atoms. The minimum Gasteiger partial charge on any atom is -0.316 e. The van der Waals surface area contributed by atoms with Gasteiger partial charge in [0.2, 0.25) is 10.0 Å². The van der Waals surface area contributed by atoms with E-state index in [2.05, 4.69) is 11.9 Å². The number of hydrogen-bond acceptors (Lipinski definition) is 3. The van der Waals surface area contributed by atoms with E-state index in [0.717, 1.165) is 17.5 Å². The molecule has 0 heterocycles. The van der Waals surface area contributed by atoms with Gasteiger partial charge in [-0.3, -0.25) is 0 Å². The molecule has 0 saturated heterocycles. The lowest BCUT2D eigenvalue weighted by molar-refractivity contribution is 0.441. The fourth-order valence-corrected chi connectivity index (χ4v) is 4.29. The highest BCUT2D eigenvalue weighted by Gasteiger charge is 2.26. The van der Waals surface area contributed by atoms with Gasteiger partial charge in [0.25, 0.3) is 0 Å². The third kappa shape index (κ3) is 4.30. The van der Waals surface area contributed by atoms with E-state index < -0.39 is 10.0 Å². The van der Waals surface area contributed by atoms with Crippen LogP contribution >= 0.6 is 11.6 Å². The van der Waals surface area contributed by atoms with E-state index in [-0.39, 0.29) is 4.90 Å². The second-order valence-corrected chi connectivity index (χ2v) is 7.21. The molecule has 0 amide bonds. The Morgan fingerprint density at radius 1 is 1.43 bits per heavy atom. The lowest BCUT2D eigenvalue weighted by Gasteiger charge is -2.22. The Morgan fingerprint density at radius 2 is 2.10 bits per heavy atom. The van der Waals surface area contributed by atoms with Crippen molar-refractivity contribution in [1.29, 1.82) is 0 Å². The van der Waals surface area contributed by atoms with E-state index in [1.165, 1.54) is 10.4 Å². The monoisotopic (exact) mass is 330 g/mol. The van der Waals surface area contributed by atoms with Crippen LogP contribution in [0, 0.1) is 6.92 Å². The number of nitrogens with one attached hydrogen (secondary N) is 1. The van der Waals surface area contributed by atoms with Gasteiger partial charge >= 0.3 is 0 Å². The van der Waals surface area contributed by atoms with Crippen molar-refractivity contribution in [3.8, 4) is 0 Å². The topological polar surface area (TPSA) is 49.4 Å². The molecule has 1 N–H and O–H groups in total. The molecule has 1 aromatic carbocycles. The molecule has 0 aliphatic carbocycles. The van der Waals surface area contributed by atoms with Crippen molar-refractivity contribution in [1.82, 2.24) is 9.62 Å². The molecule has 0 saturated carbocycles. The molecule has 0 unspecified atom stereocenters. The zero-order valence-corrected chi connectivity index (χ0v) is 14.4. The molecule has 1 aromatic rings. The van der Waals surface area contributed by atoms with Crippen LogP contribution in [0.25, 0.3) is 0 Å². The zero-order chi connectivity index (χ0) is 16.0. The average molecular weight is 331 g/mol. The van der Waals surface area contributed by atoms with Gasteiger partial charge in [-0.25, -0.2) is 8.42 Å². The third-order valence-electron chi connectivity index (χ3n) is 3.22. The molecule has 0 radical (unpaired) electrons. The van der Waals surface area contributed by atoms with Crippen molar-refractivity contribution < 1.29 is 8.42 Å². The summed E-state index contributed by atoms with van der Waals surface area (Å²) in [6, 6.07) is 3.32. The maximum absolute atomic E-state index is 12.8. The molecule has 0 aliphatic heterocycles. The molecule has 118 valence electrons. The Balaban J connectivity index is 3.38. The van der Waals surface area contributed by atoms with Gasteiger partial charge < -0.3 is 5.32 Å². The number of hydrogen-bond donors (Lipinski definition) is 1. The molecule has 1 rings (SSSR count). The van der Waals surface area contributed by atoms with Gasteiger partial charge in [0.1, 0.15) is 0 Å². The van der Waals surface area contributed by atoms with Crippen molar-refractivity contribution in [2.45, 2.75) is 31.7 Å². The normalized spacial score (nSPS) is 11.9. The van der Waals surface area contributed by atoms with Crippen LogP contribution in [0.1, 0.15) is 24.5 Å². The highest BCUT2D eigenvalue weighted by molar-refractivity contribution is 7.89. The lowest BCUT2D eigenvalue weighted by Crippen LogP contribution is -2.32. The first-order valence-corrected chi connectivity index (χ1v) is 8.74. The molecule has 0 fully saturated rings. The van der Waals surface area contributed by atoms with Gasteiger partial charge in [-0.05, 0) is 43.7 Å². The summed E-state index contributed by atoms with van der Waals surface area (Å²) in [6.07, 6.45) is 2.34. The second-order valence-electron chi connectivity index (χ2n) is 4.87. The smallest absolute Gasteiger partial charge is 0.243 e. The first-order chi connectivity index (χ1) is 9.88. The maximum atomic E-state index is 12.8. The highest BCUT2D eigenvalue weighted by atomic mass is 35.5. The number of sulfonamides is 1. The standard InChI is InChI=1S/C15H23ClN2O2S/c1-5-7-18(8-6-2)21(19,20)15-10-14(16)9-13(11-17-4)12(15)3/h5,9-10,17H,1,6-8,11H2,2-4H3. The third-order valence-corrected chi connectivity index (χ3v) is 5.43. The minimum atomic E-state index is -3.57. The van der Waals surface area contributed by atoms with E-state index in [1.807, 2.05) is 20.9 Å². The lowest BCUT2D eigenvalue weighted by atomic mass is 10.1. The summed E-state index contributed by atoms with van der Waals surface area (Å²) in [5.74, 6) is 0. The molecule has 0 aliphatic rings. The summed E-state index contributed by atoms with van der Waals surface area (Å²) in [5.41, 5.74) is 1.62. The average Bonchev–Trinajstić information content (AvgIpc) is 2.42. The Bertz CT molecular complexity index is 600. The zero-order valence-electron chi connectivity index (χ0n) is 12.8. The largest absolute Gasteiger partial charge is 0.316 e. The number of halogens is 1. The van der Waals surface area contributed by atoms with E-state index in [9.17, 15) is 8.42 Å². The van der Waals surface area contributed by atoms with Gasteiger partial charge in [0.05, 0.1) is 4.90 Å². The van der Waals surface area contributed by atoms with Crippen LogP contribution < -0.4 is 5.32 Å². The molecular weight excluding hydrogens is 308 g/mol. The van der Waals surface area contributed by atoms with E-state index >= 15 is 0 Å². The fraction of sp³-hybridized carbons (Fsp3) is 0.467. The summed E-state index contributed by atoms with van der Waals surface area (Å²) in [5, 5.41) is 3.46. The summed E-state index contributed by atoms with van der Waals surface area (Å²) < 4.78 is 27.1. The molecule has 0 atom stereocenters. The van der Waals surface area contributed by atoms with Gasteiger partial charge in [0.15, 0.2) is 0 Å². The van der Waals surface area contributed by atoms with Crippen molar-refractivity contribution in [2.75, 3.05) is 20.1 Å². The van der Waals surface area contributed by atoms with Crippen LogP contribution in [0.15, 0.2) is 29.7 Å². The van der Waals surface area contributed by atoms with Gasteiger partial charge in [-0.1, -0.05) is 24.6 Å². The van der Waals surface area contributed by atoms with Gasteiger partial charge in [0, 0.05) is 24.7 Å². The van der Waals surface area contributed by atoms with Gasteiger partial charge in [-0.2, -0.15) is 4.31 Å². The number of benzene rings is 1. The van der Waals surface area contributed by atoms with Crippen LogP contribution in [0.5, 0.6) is 0 Å². The number of rotatable bonds is 8. The Kier molecular flexibility index (Phi) is 6.87. The number of nitrogens with zero attached hydrogens (tertiary/aromatic N) is 1. The molecule has 0 aromatic heterocycles. The van der Waals surface area contributed by atoms with Crippen molar-refractivity contribution in [3.05, 3.63) is 40.9 Å². The van der Waals surface area contributed by atoms with Crippen molar-refractivity contribution in [3.63, 3.8) is 0 Å². The van der Waals surface area contributed by atoms with E-state index in [1.54, 1.807) is 12.1 Å². The van der Waals surface area contributed by atoms with Crippen LogP contribution in [0.3, 0.4) is 0 Å². The summed E-state index contributed by atoms with van der Waals surface area (Å²) >= 11 is 6.09. The maximum Gasteiger partial charge on any atom is 0.243 e. The van der Waals surface area contributed by atoms with Crippen LogP contribution in [-0.2, 0) is 16.6 Å². The second kappa shape index (κ2) is 7.94. The molecule has 0 bridgehead atoms. The van der Waals surface area contributed by atoms with Crippen molar-refractivity contribution in [2.24, 2.45) is 0 Å². The van der Waals surface area contributed by atoms with Gasteiger partial charge in [-0.15, -0.1) is 6.58 Å². The molecule has 4 nitrogen and oxygen atoms in total. The predicted octanol–water partition coefficient (Wildman–Crippen LogP) is 2.95. The highest BCUT2D eigenvalue weighted by Crippen LogP contribution is 2.27.